The molecule has 33 heavy (non-hydrogen) atoms. The summed E-state index contributed by atoms with van der Waals surface area (Å²) in [6.45, 7) is 8.24. The topological polar surface area (TPSA) is 55.8 Å². The Morgan fingerprint density at radius 1 is 1.00 bits per heavy atom. The first-order valence-corrected chi connectivity index (χ1v) is 13.1. The number of benzene rings is 1. The van der Waals surface area contributed by atoms with Crippen molar-refractivity contribution in [3.63, 3.8) is 0 Å². The molecule has 0 aliphatic heterocycles. The van der Waals surface area contributed by atoms with Crippen LogP contribution in [0.2, 0.25) is 0 Å². The first-order valence-electron chi connectivity index (χ1n) is 13.1. The summed E-state index contributed by atoms with van der Waals surface area (Å²) in [5.74, 6) is 4.17. The van der Waals surface area contributed by atoms with Crippen molar-refractivity contribution in [2.45, 2.75) is 84.5 Å². The minimum absolute atomic E-state index is 0.0195. The molecule has 0 unspecified atom stereocenters. The molecular weight excluding hydrogens is 412 g/mol. The zero-order chi connectivity index (χ0) is 23.6. The van der Waals surface area contributed by atoms with Gasteiger partial charge in [0.25, 0.3) is 0 Å². The highest BCUT2D eigenvalue weighted by atomic mass is 16.5. The number of aliphatic hydroxyl groups is 1. The van der Waals surface area contributed by atoms with Gasteiger partial charge in [0, 0.05) is 12.0 Å². The summed E-state index contributed by atoms with van der Waals surface area (Å²) in [6, 6.07) is 6.34. The molecule has 2 saturated carbocycles. The van der Waals surface area contributed by atoms with Crippen LogP contribution in [0.3, 0.4) is 0 Å². The molecule has 2 aliphatic rings. The maximum absolute atomic E-state index is 11.7. The standard InChI is InChI=1S/C29H44O4/c1-21(2)29(31)33-18-16-27-20-24(10-15-28(27)32-19-17-30)7-6-23-8-13-26(14-9-23)25-11-4-22(3)5-12-25/h10,15,20,22-23,25-26,30H,1,4-9,11-14,16-19H2,2-3H3. The van der Waals surface area contributed by atoms with E-state index in [9.17, 15) is 4.79 Å². The minimum Gasteiger partial charge on any atom is -0.491 e. The molecule has 0 bridgehead atoms. The van der Waals surface area contributed by atoms with E-state index in [2.05, 4.69) is 25.6 Å². The van der Waals surface area contributed by atoms with Gasteiger partial charge in [-0.2, -0.15) is 0 Å². The number of hydrogen-bond donors (Lipinski definition) is 1. The van der Waals surface area contributed by atoms with Crippen molar-refractivity contribution in [2.75, 3.05) is 19.8 Å². The predicted molar refractivity (Wildman–Crippen MR) is 133 cm³/mol. The molecule has 3 rings (SSSR count). The Morgan fingerprint density at radius 3 is 2.30 bits per heavy atom. The molecule has 0 spiro atoms. The molecule has 0 saturated heterocycles. The van der Waals surface area contributed by atoms with Crippen LogP contribution in [0.5, 0.6) is 5.75 Å². The summed E-state index contributed by atoms with van der Waals surface area (Å²) < 4.78 is 11.0. The maximum atomic E-state index is 11.7. The average Bonchev–Trinajstić information content (AvgIpc) is 2.83. The molecule has 0 radical (unpaired) electrons. The normalized spacial score (nSPS) is 25.4. The van der Waals surface area contributed by atoms with E-state index in [0.717, 1.165) is 41.4 Å². The third-order valence-electron chi connectivity index (χ3n) is 7.89. The van der Waals surface area contributed by atoms with Gasteiger partial charge in [0.1, 0.15) is 12.4 Å². The predicted octanol–water partition coefficient (Wildman–Crippen LogP) is 6.28. The second-order valence-corrected chi connectivity index (χ2v) is 10.5. The molecule has 0 heterocycles. The van der Waals surface area contributed by atoms with Gasteiger partial charge in [-0.1, -0.05) is 51.3 Å². The van der Waals surface area contributed by atoms with Crippen molar-refractivity contribution in [2.24, 2.45) is 23.7 Å². The number of ether oxygens (including phenoxy) is 2. The molecule has 0 amide bonds. The van der Waals surface area contributed by atoms with Crippen molar-refractivity contribution < 1.29 is 19.4 Å². The van der Waals surface area contributed by atoms with Gasteiger partial charge in [-0.05, 0) is 86.3 Å². The molecular formula is C29H44O4. The highest BCUT2D eigenvalue weighted by Gasteiger charge is 2.29. The summed E-state index contributed by atoms with van der Waals surface area (Å²) in [5.41, 5.74) is 2.76. The fourth-order valence-electron chi connectivity index (χ4n) is 5.73. The Labute approximate surface area is 200 Å². The van der Waals surface area contributed by atoms with E-state index in [0.29, 0.717) is 18.6 Å². The van der Waals surface area contributed by atoms with E-state index >= 15 is 0 Å². The SMILES string of the molecule is C=C(C)C(=O)OCCc1cc(CCC2CCC(C3CCC(C)CC3)CC2)ccc1OCCO. The van der Waals surface area contributed by atoms with Crippen LogP contribution in [0.4, 0.5) is 0 Å². The molecule has 1 aromatic rings. The Morgan fingerprint density at radius 2 is 1.67 bits per heavy atom. The van der Waals surface area contributed by atoms with Crippen LogP contribution < -0.4 is 4.74 Å². The molecule has 2 aliphatic carbocycles. The second kappa shape index (κ2) is 13.2. The lowest BCUT2D eigenvalue weighted by atomic mass is 9.69. The zero-order valence-electron chi connectivity index (χ0n) is 20.8. The molecule has 4 nitrogen and oxygen atoms in total. The van der Waals surface area contributed by atoms with Gasteiger partial charge in [-0.3, -0.25) is 0 Å². The van der Waals surface area contributed by atoms with Crippen molar-refractivity contribution >= 4 is 5.97 Å². The molecule has 0 aromatic heterocycles. The molecule has 1 aromatic carbocycles. The van der Waals surface area contributed by atoms with Crippen LogP contribution in [-0.4, -0.2) is 30.9 Å². The van der Waals surface area contributed by atoms with E-state index in [1.54, 1.807) is 6.92 Å². The largest absolute Gasteiger partial charge is 0.491 e. The number of aliphatic hydroxyl groups excluding tert-OH is 1. The third-order valence-corrected chi connectivity index (χ3v) is 7.89. The quantitative estimate of drug-likeness (QED) is 0.314. The van der Waals surface area contributed by atoms with Crippen molar-refractivity contribution in [1.82, 2.24) is 0 Å². The number of carbonyl (C=O) groups is 1. The van der Waals surface area contributed by atoms with Gasteiger partial charge in [-0.15, -0.1) is 0 Å². The number of esters is 1. The number of aryl methyl sites for hydroxylation is 1. The van der Waals surface area contributed by atoms with Gasteiger partial charge in [0.15, 0.2) is 0 Å². The first kappa shape index (κ1) is 25.8. The smallest absolute Gasteiger partial charge is 0.333 e. The fraction of sp³-hybridized carbons (Fsp3) is 0.690. The van der Waals surface area contributed by atoms with E-state index in [1.807, 2.05) is 6.07 Å². The van der Waals surface area contributed by atoms with Crippen LogP contribution >= 0.6 is 0 Å². The molecule has 2 fully saturated rings. The lowest BCUT2D eigenvalue weighted by Crippen LogP contribution is -2.25. The van der Waals surface area contributed by atoms with E-state index in [1.165, 1.54) is 63.4 Å². The van der Waals surface area contributed by atoms with Crippen LogP contribution in [0, 0.1) is 23.7 Å². The molecule has 0 atom stereocenters. The second-order valence-electron chi connectivity index (χ2n) is 10.5. The maximum Gasteiger partial charge on any atom is 0.333 e. The first-order chi connectivity index (χ1) is 16.0. The molecule has 1 N–H and O–H groups in total. The van der Waals surface area contributed by atoms with Crippen LogP contribution in [-0.2, 0) is 22.4 Å². The zero-order valence-corrected chi connectivity index (χ0v) is 20.8. The Kier molecular flexibility index (Phi) is 10.3. The minimum atomic E-state index is -0.359. The Bertz CT molecular complexity index is 755. The highest BCUT2D eigenvalue weighted by Crippen LogP contribution is 2.42. The Balaban J connectivity index is 1.48. The van der Waals surface area contributed by atoms with Crippen LogP contribution in [0.25, 0.3) is 0 Å². The van der Waals surface area contributed by atoms with Gasteiger partial charge >= 0.3 is 5.97 Å². The van der Waals surface area contributed by atoms with E-state index in [4.69, 9.17) is 14.6 Å². The highest BCUT2D eigenvalue weighted by molar-refractivity contribution is 5.86. The fourth-order valence-corrected chi connectivity index (χ4v) is 5.73. The average molecular weight is 457 g/mol. The van der Waals surface area contributed by atoms with Crippen molar-refractivity contribution in [3.8, 4) is 5.75 Å². The van der Waals surface area contributed by atoms with E-state index in [-0.39, 0.29) is 19.2 Å². The summed E-state index contributed by atoms with van der Waals surface area (Å²) in [5, 5.41) is 9.12. The summed E-state index contributed by atoms with van der Waals surface area (Å²) >= 11 is 0. The lowest BCUT2D eigenvalue weighted by Gasteiger charge is -2.37. The van der Waals surface area contributed by atoms with Gasteiger partial charge in [0.2, 0.25) is 0 Å². The number of carbonyl (C=O) groups excluding carboxylic acids is 1. The Hall–Kier alpha value is -1.81. The monoisotopic (exact) mass is 456 g/mol. The molecule has 184 valence electrons. The summed E-state index contributed by atoms with van der Waals surface area (Å²) in [4.78, 5) is 11.7. The molecule has 4 heteroatoms. The number of rotatable bonds is 11. The summed E-state index contributed by atoms with van der Waals surface area (Å²) in [6.07, 6.45) is 14.4. The van der Waals surface area contributed by atoms with Crippen LogP contribution in [0.1, 0.15) is 82.8 Å². The number of hydrogen-bond acceptors (Lipinski definition) is 4. The summed E-state index contributed by atoms with van der Waals surface area (Å²) in [7, 11) is 0. The van der Waals surface area contributed by atoms with Crippen LogP contribution in [0.15, 0.2) is 30.4 Å². The third kappa shape index (κ3) is 8.17. The van der Waals surface area contributed by atoms with E-state index < -0.39 is 0 Å². The van der Waals surface area contributed by atoms with Crippen molar-refractivity contribution in [1.29, 1.82) is 0 Å². The van der Waals surface area contributed by atoms with Crippen molar-refractivity contribution in [3.05, 3.63) is 41.5 Å². The van der Waals surface area contributed by atoms with Gasteiger partial charge < -0.3 is 14.6 Å². The van der Waals surface area contributed by atoms with Gasteiger partial charge in [-0.25, -0.2) is 4.79 Å². The van der Waals surface area contributed by atoms with Gasteiger partial charge in [0.05, 0.1) is 13.2 Å². The lowest BCUT2D eigenvalue weighted by molar-refractivity contribution is -0.138.